The van der Waals surface area contributed by atoms with Gasteiger partial charge >= 0.3 is 0 Å². The first-order chi connectivity index (χ1) is 3.39. The fourth-order valence-corrected chi connectivity index (χ4v) is 0.716. The first-order valence-corrected chi connectivity index (χ1v) is 2.73. The molecule has 1 aliphatic rings. The van der Waals surface area contributed by atoms with Crippen LogP contribution in [0.1, 0.15) is 12.8 Å². The van der Waals surface area contributed by atoms with E-state index in [0.717, 1.165) is 26.1 Å². The van der Waals surface area contributed by atoms with E-state index in [1.807, 2.05) is 0 Å². The summed E-state index contributed by atoms with van der Waals surface area (Å²) < 4.78 is 5.06. The Bertz CT molecular complexity index is 54.4. The summed E-state index contributed by atoms with van der Waals surface area (Å²) in [5.74, 6) is 0. The van der Waals surface area contributed by atoms with Crippen molar-refractivity contribution in [3.8, 4) is 0 Å². The number of rotatable bonds is 0. The van der Waals surface area contributed by atoms with Crippen molar-refractivity contribution in [2.24, 2.45) is 5.73 Å². The van der Waals surface area contributed by atoms with Gasteiger partial charge < -0.3 is 10.5 Å². The van der Waals surface area contributed by atoms with Gasteiger partial charge in [-0.25, -0.2) is 0 Å². The molecule has 0 atom stereocenters. The standard InChI is InChI=1S/C5H11NO.BrH/c6-5-1-3-7-4-2-5;/h5H,1-4,6H2;1H. The molecule has 8 heavy (non-hydrogen) atoms. The van der Waals surface area contributed by atoms with E-state index in [9.17, 15) is 0 Å². The predicted molar refractivity (Wildman–Crippen MR) is 38.4 cm³/mol. The molecule has 1 fully saturated rings. The van der Waals surface area contributed by atoms with E-state index in [-0.39, 0.29) is 17.0 Å². The molecule has 1 rings (SSSR count). The van der Waals surface area contributed by atoms with Crippen LogP contribution >= 0.6 is 17.0 Å². The van der Waals surface area contributed by atoms with Crippen molar-refractivity contribution in [2.45, 2.75) is 18.9 Å². The van der Waals surface area contributed by atoms with Gasteiger partial charge in [0, 0.05) is 19.3 Å². The first-order valence-electron chi connectivity index (χ1n) is 2.73. The normalized spacial score (nSPS) is 22.1. The maximum absolute atomic E-state index is 5.55. The zero-order chi connectivity index (χ0) is 5.11. The van der Waals surface area contributed by atoms with Gasteiger partial charge in [-0.1, -0.05) is 0 Å². The molecule has 1 aliphatic heterocycles. The lowest BCUT2D eigenvalue weighted by molar-refractivity contribution is 0.0866. The molecule has 0 aromatic carbocycles. The topological polar surface area (TPSA) is 35.2 Å². The number of hydrogen-bond donors (Lipinski definition) is 1. The summed E-state index contributed by atoms with van der Waals surface area (Å²) >= 11 is 0. The summed E-state index contributed by atoms with van der Waals surface area (Å²) in [6.07, 6.45) is 2.08. The lowest BCUT2D eigenvalue weighted by atomic mass is 10.1. The summed E-state index contributed by atoms with van der Waals surface area (Å²) in [5.41, 5.74) is 5.55. The van der Waals surface area contributed by atoms with Crippen LogP contribution in [0.15, 0.2) is 0 Å². The maximum atomic E-state index is 5.55. The fourth-order valence-electron chi connectivity index (χ4n) is 0.716. The highest BCUT2D eigenvalue weighted by Gasteiger charge is 2.06. The van der Waals surface area contributed by atoms with Gasteiger partial charge in [-0.2, -0.15) is 0 Å². The molecule has 0 unspecified atom stereocenters. The molecule has 50 valence electrons. The Morgan fingerprint density at radius 1 is 1.25 bits per heavy atom. The van der Waals surface area contributed by atoms with E-state index in [0.29, 0.717) is 6.04 Å². The van der Waals surface area contributed by atoms with E-state index in [4.69, 9.17) is 10.5 Å². The molecule has 0 aromatic heterocycles. The molecule has 0 amide bonds. The average molecular weight is 182 g/mol. The summed E-state index contributed by atoms with van der Waals surface area (Å²) in [7, 11) is 0. The first kappa shape index (κ1) is 8.40. The van der Waals surface area contributed by atoms with Gasteiger partial charge in [0.1, 0.15) is 0 Å². The Hall–Kier alpha value is 0.400. The molecule has 2 nitrogen and oxygen atoms in total. The van der Waals surface area contributed by atoms with Crippen molar-refractivity contribution < 1.29 is 4.74 Å². The van der Waals surface area contributed by atoms with E-state index in [1.165, 1.54) is 0 Å². The van der Waals surface area contributed by atoms with Crippen LogP contribution in [0.2, 0.25) is 0 Å². The number of nitrogens with two attached hydrogens (primary N) is 1. The molecule has 2 N–H and O–H groups in total. The monoisotopic (exact) mass is 181 g/mol. The quantitative estimate of drug-likeness (QED) is 0.598. The van der Waals surface area contributed by atoms with Crippen LogP contribution in [0.3, 0.4) is 0 Å². The highest BCUT2D eigenvalue weighted by molar-refractivity contribution is 8.93. The zero-order valence-corrected chi connectivity index (χ0v) is 6.51. The average Bonchev–Trinajstić information content (AvgIpc) is 1.69. The van der Waals surface area contributed by atoms with Crippen LogP contribution in [0.5, 0.6) is 0 Å². The Kier molecular flexibility index (Phi) is 4.51. The number of ether oxygens (including phenoxy) is 1. The van der Waals surface area contributed by atoms with Gasteiger partial charge in [-0.3, -0.25) is 0 Å². The lowest BCUT2D eigenvalue weighted by Gasteiger charge is -2.16. The van der Waals surface area contributed by atoms with Gasteiger partial charge in [0.25, 0.3) is 0 Å². The summed E-state index contributed by atoms with van der Waals surface area (Å²) in [6.45, 7) is 1.72. The molecule has 1 heterocycles. The zero-order valence-electron chi connectivity index (χ0n) is 4.80. The summed E-state index contributed by atoms with van der Waals surface area (Å²) in [4.78, 5) is 0. The third kappa shape index (κ3) is 2.64. The fraction of sp³-hybridized carbons (Fsp3) is 1.00. The number of hydrogen-bond acceptors (Lipinski definition) is 2. The second kappa shape index (κ2) is 4.30. The molecule has 0 bridgehead atoms. The molecule has 0 radical (unpaired) electrons. The third-order valence-corrected chi connectivity index (χ3v) is 1.27. The van der Waals surface area contributed by atoms with Crippen LogP contribution in [-0.4, -0.2) is 19.3 Å². The molecule has 0 aliphatic carbocycles. The van der Waals surface area contributed by atoms with Crippen molar-refractivity contribution in [3.63, 3.8) is 0 Å². The Balaban J connectivity index is 0.000000490. The smallest absolute Gasteiger partial charge is 0.0480 e. The van der Waals surface area contributed by atoms with Gasteiger partial charge in [-0.05, 0) is 12.8 Å². The summed E-state index contributed by atoms with van der Waals surface area (Å²) in [5, 5.41) is 0. The van der Waals surface area contributed by atoms with Crippen LogP contribution in [0.4, 0.5) is 0 Å². The predicted octanol–water partition coefficient (Wildman–Crippen LogP) is 0.702. The Labute approximate surface area is 60.2 Å². The van der Waals surface area contributed by atoms with Gasteiger partial charge in [0.15, 0.2) is 0 Å². The van der Waals surface area contributed by atoms with Crippen LogP contribution in [0.25, 0.3) is 0 Å². The van der Waals surface area contributed by atoms with Gasteiger partial charge in [0.2, 0.25) is 0 Å². The maximum Gasteiger partial charge on any atom is 0.0480 e. The highest BCUT2D eigenvalue weighted by atomic mass is 79.9. The van der Waals surface area contributed by atoms with E-state index in [2.05, 4.69) is 0 Å². The Morgan fingerprint density at radius 2 is 1.75 bits per heavy atom. The molecular formula is C5H12BrNO. The van der Waals surface area contributed by atoms with Crippen molar-refractivity contribution in [2.75, 3.05) is 13.2 Å². The van der Waals surface area contributed by atoms with Crippen LogP contribution < -0.4 is 5.73 Å². The van der Waals surface area contributed by atoms with Crippen molar-refractivity contribution in [1.82, 2.24) is 0 Å². The van der Waals surface area contributed by atoms with Crippen molar-refractivity contribution >= 4 is 17.0 Å². The Morgan fingerprint density at radius 3 is 2.00 bits per heavy atom. The van der Waals surface area contributed by atoms with E-state index in [1.54, 1.807) is 0 Å². The SMILES string of the molecule is Br.NC1CCOCC1. The number of halogens is 1. The van der Waals surface area contributed by atoms with Gasteiger partial charge in [0.05, 0.1) is 0 Å². The molecular weight excluding hydrogens is 170 g/mol. The molecule has 3 heteroatoms. The lowest BCUT2D eigenvalue weighted by Crippen LogP contribution is -2.28. The van der Waals surface area contributed by atoms with E-state index < -0.39 is 0 Å². The van der Waals surface area contributed by atoms with Crippen molar-refractivity contribution in [3.05, 3.63) is 0 Å². The highest BCUT2D eigenvalue weighted by Crippen LogP contribution is 2.01. The summed E-state index contributed by atoms with van der Waals surface area (Å²) in [6, 6.07) is 0.411. The second-order valence-electron chi connectivity index (χ2n) is 1.95. The van der Waals surface area contributed by atoms with Crippen LogP contribution in [-0.2, 0) is 4.74 Å². The van der Waals surface area contributed by atoms with E-state index >= 15 is 0 Å². The molecule has 0 saturated carbocycles. The minimum absolute atomic E-state index is 0. The molecule has 0 aromatic rings. The van der Waals surface area contributed by atoms with Gasteiger partial charge in [-0.15, -0.1) is 17.0 Å². The molecule has 0 spiro atoms. The minimum Gasteiger partial charge on any atom is -0.381 e. The molecule has 1 saturated heterocycles. The minimum atomic E-state index is 0. The largest absolute Gasteiger partial charge is 0.381 e. The van der Waals surface area contributed by atoms with Crippen LogP contribution in [0, 0.1) is 0 Å². The third-order valence-electron chi connectivity index (χ3n) is 1.27. The van der Waals surface area contributed by atoms with Crippen molar-refractivity contribution in [1.29, 1.82) is 0 Å². The second-order valence-corrected chi connectivity index (χ2v) is 1.95.